The molecule has 3 N–H and O–H groups in total. The van der Waals surface area contributed by atoms with E-state index in [9.17, 15) is 0 Å². The van der Waals surface area contributed by atoms with E-state index in [0.29, 0.717) is 11.4 Å². The monoisotopic (exact) mass is 308 g/mol. The number of nitrogens with zero attached hydrogens (tertiary/aromatic N) is 2. The van der Waals surface area contributed by atoms with Crippen molar-refractivity contribution in [3.63, 3.8) is 0 Å². The van der Waals surface area contributed by atoms with Crippen LogP contribution in [0, 0.1) is 0 Å². The van der Waals surface area contributed by atoms with Crippen LogP contribution in [0.2, 0.25) is 5.02 Å². The largest absolute Gasteiger partial charge is 0.496 e. The lowest BCUT2D eigenvalue weighted by molar-refractivity contribution is 0.403. The van der Waals surface area contributed by atoms with Gasteiger partial charge in [-0.2, -0.15) is 5.10 Å². The molecule has 1 atom stereocenters. The number of hydrazine groups is 1. The number of methoxy groups -OCH3 is 1. The van der Waals surface area contributed by atoms with Gasteiger partial charge in [0.2, 0.25) is 0 Å². The van der Waals surface area contributed by atoms with Crippen molar-refractivity contribution in [1.29, 1.82) is 0 Å². The Morgan fingerprint density at radius 2 is 2.19 bits per heavy atom. The number of nitrogens with two attached hydrogens (primary N) is 1. The number of hydrogen-bond acceptors (Lipinski definition) is 4. The molecule has 1 aromatic heterocycles. The van der Waals surface area contributed by atoms with Crippen molar-refractivity contribution in [3.8, 4) is 5.75 Å². The Labute approximate surface area is 130 Å². The van der Waals surface area contributed by atoms with Crippen molar-refractivity contribution in [3.05, 3.63) is 46.7 Å². The topological polar surface area (TPSA) is 65.1 Å². The van der Waals surface area contributed by atoms with Gasteiger partial charge in [-0.05, 0) is 24.5 Å². The second-order valence-corrected chi connectivity index (χ2v) is 5.24. The lowest BCUT2D eigenvalue weighted by Gasteiger charge is -2.19. The van der Waals surface area contributed by atoms with Crippen LogP contribution in [0.25, 0.3) is 0 Å². The Bertz CT molecular complexity index is 585. The molecule has 1 aromatic carbocycles. The van der Waals surface area contributed by atoms with Crippen LogP contribution in [-0.2, 0) is 13.0 Å². The molecule has 0 spiro atoms. The Balaban J connectivity index is 2.30. The van der Waals surface area contributed by atoms with Gasteiger partial charge in [0.15, 0.2) is 0 Å². The summed E-state index contributed by atoms with van der Waals surface area (Å²) in [6.45, 7) is 2.91. The number of hydrogen-bond donors (Lipinski definition) is 2. The first-order chi connectivity index (χ1) is 10.2. The fourth-order valence-electron chi connectivity index (χ4n) is 2.43. The van der Waals surface area contributed by atoms with Gasteiger partial charge in [0.25, 0.3) is 0 Å². The normalized spacial score (nSPS) is 12.4. The maximum absolute atomic E-state index is 6.28. The number of ether oxygens (including phenoxy) is 1. The molecule has 0 bridgehead atoms. The summed E-state index contributed by atoms with van der Waals surface area (Å²) in [6, 6.07) is 7.77. The van der Waals surface area contributed by atoms with Crippen molar-refractivity contribution in [2.24, 2.45) is 5.84 Å². The zero-order valence-corrected chi connectivity index (χ0v) is 13.1. The van der Waals surface area contributed by atoms with Gasteiger partial charge in [0, 0.05) is 6.54 Å². The first-order valence-corrected chi connectivity index (χ1v) is 7.38. The fraction of sp³-hybridized carbons (Fsp3) is 0.400. The Kier molecular flexibility index (Phi) is 5.61. The SMILES string of the molecule is CCCn1ncc(Cl)c1C(Cc1ccccc1OC)NN. The van der Waals surface area contributed by atoms with Crippen LogP contribution in [-0.4, -0.2) is 16.9 Å². The minimum Gasteiger partial charge on any atom is -0.496 e. The maximum Gasteiger partial charge on any atom is 0.122 e. The van der Waals surface area contributed by atoms with E-state index in [1.165, 1.54) is 0 Å². The van der Waals surface area contributed by atoms with Crippen LogP contribution in [0.5, 0.6) is 5.75 Å². The first kappa shape index (κ1) is 15.8. The second-order valence-electron chi connectivity index (χ2n) is 4.84. The highest BCUT2D eigenvalue weighted by atomic mass is 35.5. The van der Waals surface area contributed by atoms with Gasteiger partial charge in [0.05, 0.1) is 30.1 Å². The van der Waals surface area contributed by atoms with E-state index in [2.05, 4.69) is 17.4 Å². The minimum absolute atomic E-state index is 0.122. The summed E-state index contributed by atoms with van der Waals surface area (Å²) >= 11 is 6.28. The Morgan fingerprint density at radius 3 is 2.86 bits per heavy atom. The average molecular weight is 309 g/mol. The highest BCUT2D eigenvalue weighted by Crippen LogP contribution is 2.28. The van der Waals surface area contributed by atoms with Crippen LogP contribution >= 0.6 is 11.6 Å². The van der Waals surface area contributed by atoms with E-state index in [1.54, 1.807) is 13.3 Å². The molecular formula is C15H21ClN4O. The average Bonchev–Trinajstić information content (AvgIpc) is 2.86. The van der Waals surface area contributed by atoms with Gasteiger partial charge in [-0.25, -0.2) is 0 Å². The number of benzene rings is 1. The van der Waals surface area contributed by atoms with E-state index < -0.39 is 0 Å². The van der Waals surface area contributed by atoms with Crippen LogP contribution in [0.1, 0.15) is 30.6 Å². The molecular weight excluding hydrogens is 288 g/mol. The summed E-state index contributed by atoms with van der Waals surface area (Å²) in [5.74, 6) is 6.59. The highest BCUT2D eigenvalue weighted by Gasteiger charge is 2.20. The third-order valence-corrected chi connectivity index (χ3v) is 3.71. The van der Waals surface area contributed by atoms with Crippen molar-refractivity contribution < 1.29 is 4.74 Å². The van der Waals surface area contributed by atoms with Gasteiger partial charge in [-0.15, -0.1) is 0 Å². The van der Waals surface area contributed by atoms with Gasteiger partial charge in [-0.3, -0.25) is 16.0 Å². The van der Waals surface area contributed by atoms with Crippen molar-refractivity contribution in [1.82, 2.24) is 15.2 Å². The first-order valence-electron chi connectivity index (χ1n) is 7.00. The smallest absolute Gasteiger partial charge is 0.122 e. The number of rotatable bonds is 7. The molecule has 0 aliphatic rings. The maximum atomic E-state index is 6.28. The van der Waals surface area contributed by atoms with E-state index in [4.69, 9.17) is 22.2 Å². The molecule has 1 heterocycles. The third-order valence-electron chi connectivity index (χ3n) is 3.42. The fourth-order valence-corrected chi connectivity index (χ4v) is 2.71. The molecule has 6 heteroatoms. The summed E-state index contributed by atoms with van der Waals surface area (Å²) in [7, 11) is 1.66. The molecule has 0 saturated heterocycles. The predicted molar refractivity (Wildman–Crippen MR) is 84.3 cm³/mol. The van der Waals surface area contributed by atoms with Crippen LogP contribution < -0.4 is 16.0 Å². The third kappa shape index (κ3) is 3.56. The second kappa shape index (κ2) is 7.45. The van der Waals surface area contributed by atoms with Gasteiger partial charge in [-0.1, -0.05) is 36.7 Å². The molecule has 0 aliphatic carbocycles. The van der Waals surface area contributed by atoms with E-state index >= 15 is 0 Å². The van der Waals surface area contributed by atoms with E-state index in [-0.39, 0.29) is 6.04 Å². The molecule has 0 amide bonds. The summed E-state index contributed by atoms with van der Waals surface area (Å²) in [6.07, 6.45) is 3.33. The number of aryl methyl sites for hydroxylation is 1. The molecule has 0 aliphatic heterocycles. The molecule has 0 saturated carbocycles. The summed E-state index contributed by atoms with van der Waals surface area (Å²) < 4.78 is 7.30. The minimum atomic E-state index is -0.122. The standard InChI is InChI=1S/C15H21ClN4O/c1-3-8-20-15(12(16)10-18-20)13(19-17)9-11-6-4-5-7-14(11)21-2/h4-7,10,13,19H,3,8-9,17H2,1-2H3. The van der Waals surface area contributed by atoms with Crippen LogP contribution in [0.3, 0.4) is 0 Å². The van der Waals surface area contributed by atoms with Crippen LogP contribution in [0.15, 0.2) is 30.5 Å². The molecule has 1 unspecified atom stereocenters. The molecule has 0 radical (unpaired) electrons. The number of halogens is 1. The summed E-state index contributed by atoms with van der Waals surface area (Å²) in [5.41, 5.74) is 4.82. The van der Waals surface area contributed by atoms with Gasteiger partial charge < -0.3 is 4.74 Å². The van der Waals surface area contributed by atoms with Crippen molar-refractivity contribution in [2.45, 2.75) is 32.4 Å². The van der Waals surface area contributed by atoms with Crippen LogP contribution in [0.4, 0.5) is 0 Å². The van der Waals surface area contributed by atoms with Gasteiger partial charge >= 0.3 is 0 Å². The number of aromatic nitrogens is 2. The molecule has 2 rings (SSSR count). The highest BCUT2D eigenvalue weighted by molar-refractivity contribution is 6.31. The zero-order valence-electron chi connectivity index (χ0n) is 12.3. The van der Waals surface area contributed by atoms with Gasteiger partial charge in [0.1, 0.15) is 5.75 Å². The number of para-hydroxylation sites is 1. The zero-order chi connectivity index (χ0) is 15.2. The Hall–Kier alpha value is -1.56. The lowest BCUT2D eigenvalue weighted by Crippen LogP contribution is -2.31. The van der Waals surface area contributed by atoms with Crippen molar-refractivity contribution >= 4 is 11.6 Å². The van der Waals surface area contributed by atoms with Crippen molar-refractivity contribution in [2.75, 3.05) is 7.11 Å². The summed E-state index contributed by atoms with van der Waals surface area (Å²) in [4.78, 5) is 0. The van der Waals surface area contributed by atoms with E-state index in [0.717, 1.165) is 30.0 Å². The molecule has 21 heavy (non-hydrogen) atoms. The predicted octanol–water partition coefficient (Wildman–Crippen LogP) is 2.70. The quantitative estimate of drug-likeness (QED) is 0.610. The molecule has 5 nitrogen and oxygen atoms in total. The molecule has 2 aromatic rings. The lowest BCUT2D eigenvalue weighted by atomic mass is 10.0. The van der Waals surface area contributed by atoms with E-state index in [1.807, 2.05) is 28.9 Å². The number of nitrogens with one attached hydrogen (secondary N) is 1. The molecule has 114 valence electrons. The molecule has 0 fully saturated rings. The Morgan fingerprint density at radius 1 is 1.43 bits per heavy atom. The summed E-state index contributed by atoms with van der Waals surface area (Å²) in [5, 5.41) is 4.94.